The highest BCUT2D eigenvalue weighted by molar-refractivity contribution is 5.84. The summed E-state index contributed by atoms with van der Waals surface area (Å²) in [5, 5.41) is 13.4. The van der Waals surface area contributed by atoms with Crippen LogP contribution in [0.25, 0.3) is 5.65 Å². The predicted octanol–water partition coefficient (Wildman–Crippen LogP) is 1.55. The second-order valence-corrected chi connectivity index (χ2v) is 5.30. The molecule has 0 amide bonds. The van der Waals surface area contributed by atoms with Crippen LogP contribution in [0.4, 0.5) is 0 Å². The monoisotopic (exact) mass is 283 g/mol. The lowest BCUT2D eigenvalue weighted by atomic mass is 10.3. The fourth-order valence-electron chi connectivity index (χ4n) is 2.36. The SMILES string of the molecule is O=C(O)c1cn(Cc2cn3nc(C4CC4)ccc3n2)cn1. The van der Waals surface area contributed by atoms with Gasteiger partial charge in [-0.2, -0.15) is 5.10 Å². The molecule has 0 aliphatic heterocycles. The van der Waals surface area contributed by atoms with Gasteiger partial charge in [0.15, 0.2) is 11.3 Å². The van der Waals surface area contributed by atoms with Crippen molar-refractivity contribution in [3.63, 3.8) is 0 Å². The number of hydrogen-bond donors (Lipinski definition) is 1. The summed E-state index contributed by atoms with van der Waals surface area (Å²) in [6.07, 6.45) is 7.30. The van der Waals surface area contributed by atoms with Crippen molar-refractivity contribution in [1.29, 1.82) is 0 Å². The van der Waals surface area contributed by atoms with Gasteiger partial charge < -0.3 is 9.67 Å². The van der Waals surface area contributed by atoms with Crippen molar-refractivity contribution < 1.29 is 9.90 Å². The van der Waals surface area contributed by atoms with Crippen molar-refractivity contribution in [3.05, 3.63) is 47.9 Å². The number of carboxylic acids is 1. The number of hydrogen-bond acceptors (Lipinski definition) is 4. The highest BCUT2D eigenvalue weighted by atomic mass is 16.4. The van der Waals surface area contributed by atoms with Crippen molar-refractivity contribution in [3.8, 4) is 0 Å². The smallest absolute Gasteiger partial charge is 0.356 e. The van der Waals surface area contributed by atoms with E-state index in [-0.39, 0.29) is 5.69 Å². The number of carboxylic acid groups (broad SMARTS) is 1. The summed E-state index contributed by atoms with van der Waals surface area (Å²) in [4.78, 5) is 19.1. The molecular formula is C14H13N5O2. The quantitative estimate of drug-likeness (QED) is 0.785. The molecule has 4 rings (SSSR count). The van der Waals surface area contributed by atoms with Crippen LogP contribution < -0.4 is 0 Å². The molecule has 0 radical (unpaired) electrons. The van der Waals surface area contributed by atoms with Gasteiger partial charge in [-0.05, 0) is 25.0 Å². The van der Waals surface area contributed by atoms with Crippen molar-refractivity contribution in [2.24, 2.45) is 0 Å². The Bertz CT molecular complexity index is 831. The van der Waals surface area contributed by atoms with Crippen molar-refractivity contribution in [1.82, 2.24) is 24.1 Å². The molecule has 7 heteroatoms. The average molecular weight is 283 g/mol. The molecule has 1 N–H and O–H groups in total. The van der Waals surface area contributed by atoms with Crippen LogP contribution >= 0.6 is 0 Å². The highest BCUT2D eigenvalue weighted by Gasteiger charge is 2.25. The molecule has 0 unspecified atom stereocenters. The van der Waals surface area contributed by atoms with E-state index in [0.717, 1.165) is 17.0 Å². The molecule has 0 saturated heterocycles. The maximum atomic E-state index is 10.8. The molecule has 0 atom stereocenters. The number of aromatic nitrogens is 5. The van der Waals surface area contributed by atoms with Crippen LogP contribution in [0, 0.1) is 0 Å². The van der Waals surface area contributed by atoms with Gasteiger partial charge in [-0.3, -0.25) is 0 Å². The van der Waals surface area contributed by atoms with E-state index in [1.54, 1.807) is 9.08 Å². The minimum absolute atomic E-state index is 0.0351. The third kappa shape index (κ3) is 2.26. The molecule has 1 fully saturated rings. The van der Waals surface area contributed by atoms with Gasteiger partial charge in [-0.25, -0.2) is 19.3 Å². The van der Waals surface area contributed by atoms with E-state index < -0.39 is 5.97 Å². The van der Waals surface area contributed by atoms with E-state index in [2.05, 4.69) is 15.1 Å². The molecule has 1 aliphatic rings. The molecular weight excluding hydrogens is 270 g/mol. The van der Waals surface area contributed by atoms with E-state index in [0.29, 0.717) is 12.5 Å². The van der Waals surface area contributed by atoms with Gasteiger partial charge in [0.2, 0.25) is 0 Å². The van der Waals surface area contributed by atoms with Gasteiger partial charge in [-0.15, -0.1) is 0 Å². The van der Waals surface area contributed by atoms with Crippen LogP contribution in [0.2, 0.25) is 0 Å². The van der Waals surface area contributed by atoms with E-state index in [1.165, 1.54) is 25.4 Å². The first kappa shape index (κ1) is 12.1. The summed E-state index contributed by atoms with van der Waals surface area (Å²) in [7, 11) is 0. The van der Waals surface area contributed by atoms with Crippen LogP contribution in [0.3, 0.4) is 0 Å². The average Bonchev–Trinajstić information content (AvgIpc) is 3.07. The third-order valence-electron chi connectivity index (χ3n) is 3.58. The Morgan fingerprint density at radius 2 is 2.19 bits per heavy atom. The lowest BCUT2D eigenvalue weighted by Crippen LogP contribution is -1.98. The Kier molecular flexibility index (Phi) is 2.53. The minimum Gasteiger partial charge on any atom is -0.476 e. The molecule has 1 saturated carbocycles. The first-order valence-corrected chi connectivity index (χ1v) is 6.79. The Morgan fingerprint density at radius 1 is 1.33 bits per heavy atom. The Balaban J connectivity index is 1.61. The summed E-state index contributed by atoms with van der Waals surface area (Å²) in [5.74, 6) is -0.425. The fraction of sp³-hybridized carbons (Fsp3) is 0.286. The molecule has 3 aromatic rings. The standard InChI is InChI=1S/C14H13N5O2/c20-14(21)12-7-18(8-15-12)5-10-6-19-13(16-10)4-3-11(17-19)9-1-2-9/h3-4,6-9H,1-2,5H2,(H,20,21). The number of aromatic carboxylic acids is 1. The molecule has 3 aromatic heterocycles. The van der Waals surface area contributed by atoms with E-state index in [1.807, 2.05) is 18.3 Å². The molecule has 7 nitrogen and oxygen atoms in total. The predicted molar refractivity (Wildman–Crippen MR) is 73.3 cm³/mol. The number of carbonyl (C=O) groups is 1. The Labute approximate surface area is 119 Å². The number of rotatable bonds is 4. The molecule has 0 spiro atoms. The highest BCUT2D eigenvalue weighted by Crippen LogP contribution is 2.38. The summed E-state index contributed by atoms with van der Waals surface area (Å²) in [6, 6.07) is 4.00. The second kappa shape index (κ2) is 4.41. The van der Waals surface area contributed by atoms with Gasteiger partial charge >= 0.3 is 5.97 Å². The van der Waals surface area contributed by atoms with Crippen LogP contribution in [-0.4, -0.2) is 35.2 Å². The minimum atomic E-state index is -1.03. The van der Waals surface area contributed by atoms with Gasteiger partial charge in [0.25, 0.3) is 0 Å². The molecule has 3 heterocycles. The summed E-state index contributed by atoms with van der Waals surface area (Å²) in [5.41, 5.74) is 2.77. The lowest BCUT2D eigenvalue weighted by molar-refractivity contribution is 0.0691. The Morgan fingerprint density at radius 3 is 2.90 bits per heavy atom. The first-order valence-electron chi connectivity index (χ1n) is 6.79. The number of nitrogens with zero attached hydrogens (tertiary/aromatic N) is 5. The zero-order valence-corrected chi connectivity index (χ0v) is 11.2. The van der Waals surface area contributed by atoms with Gasteiger partial charge in [0.05, 0.1) is 30.5 Å². The van der Waals surface area contributed by atoms with Crippen LogP contribution in [0.5, 0.6) is 0 Å². The normalized spacial score (nSPS) is 14.7. The number of imidazole rings is 2. The number of fused-ring (bicyclic) bond motifs is 1. The maximum absolute atomic E-state index is 10.8. The molecule has 0 bridgehead atoms. The van der Waals surface area contributed by atoms with E-state index in [9.17, 15) is 4.79 Å². The van der Waals surface area contributed by atoms with Crippen molar-refractivity contribution >= 4 is 11.6 Å². The van der Waals surface area contributed by atoms with Crippen molar-refractivity contribution in [2.45, 2.75) is 25.3 Å². The van der Waals surface area contributed by atoms with Gasteiger partial charge in [0, 0.05) is 12.1 Å². The third-order valence-corrected chi connectivity index (χ3v) is 3.58. The van der Waals surface area contributed by atoms with E-state index >= 15 is 0 Å². The zero-order chi connectivity index (χ0) is 14.4. The van der Waals surface area contributed by atoms with Crippen LogP contribution in [0.1, 0.15) is 40.6 Å². The van der Waals surface area contributed by atoms with Crippen LogP contribution in [0.15, 0.2) is 30.9 Å². The zero-order valence-electron chi connectivity index (χ0n) is 11.2. The van der Waals surface area contributed by atoms with Gasteiger partial charge in [0.1, 0.15) is 0 Å². The summed E-state index contributed by atoms with van der Waals surface area (Å²) in [6.45, 7) is 0.475. The maximum Gasteiger partial charge on any atom is 0.356 e. The van der Waals surface area contributed by atoms with E-state index in [4.69, 9.17) is 5.11 Å². The summed E-state index contributed by atoms with van der Waals surface area (Å²) >= 11 is 0. The topological polar surface area (TPSA) is 85.3 Å². The van der Waals surface area contributed by atoms with Crippen molar-refractivity contribution in [2.75, 3.05) is 0 Å². The molecule has 106 valence electrons. The second-order valence-electron chi connectivity index (χ2n) is 5.30. The van der Waals surface area contributed by atoms with Crippen LogP contribution in [-0.2, 0) is 6.54 Å². The first-order chi connectivity index (χ1) is 10.2. The molecule has 1 aliphatic carbocycles. The lowest BCUT2D eigenvalue weighted by Gasteiger charge is -1.97. The largest absolute Gasteiger partial charge is 0.476 e. The molecule has 0 aromatic carbocycles. The van der Waals surface area contributed by atoms with Gasteiger partial charge in [-0.1, -0.05) is 0 Å². The summed E-state index contributed by atoms with van der Waals surface area (Å²) < 4.78 is 3.49. The molecule has 21 heavy (non-hydrogen) atoms. The Hall–Kier alpha value is -2.70. The fourth-order valence-corrected chi connectivity index (χ4v) is 2.36.